The van der Waals surface area contributed by atoms with Crippen molar-refractivity contribution < 1.29 is 19.6 Å². The number of nitro benzene ring substituents is 1. The first kappa shape index (κ1) is 13.1. The maximum absolute atomic E-state index is 11.6. The van der Waals surface area contributed by atoms with Crippen LogP contribution in [0.3, 0.4) is 0 Å². The van der Waals surface area contributed by atoms with Gasteiger partial charge in [0, 0.05) is 24.7 Å². The quantitative estimate of drug-likeness (QED) is 0.667. The molecular weight excluding hydrogens is 252 g/mol. The van der Waals surface area contributed by atoms with E-state index in [0.717, 1.165) is 18.9 Å². The summed E-state index contributed by atoms with van der Waals surface area (Å²) in [5.74, 6) is -0.247. The van der Waals surface area contributed by atoms with Gasteiger partial charge in [-0.15, -0.1) is 0 Å². The van der Waals surface area contributed by atoms with Crippen molar-refractivity contribution in [1.29, 1.82) is 0 Å². The Kier molecular flexibility index (Phi) is 3.84. The number of aromatic hydroxyl groups is 1. The van der Waals surface area contributed by atoms with Crippen molar-refractivity contribution in [2.45, 2.75) is 19.4 Å². The second-order valence-electron chi connectivity index (χ2n) is 4.32. The molecule has 102 valence electrons. The fraction of sp³-hybridized carbons (Fsp3) is 0.417. The van der Waals surface area contributed by atoms with Crippen LogP contribution in [-0.2, 0) is 11.3 Å². The summed E-state index contributed by atoms with van der Waals surface area (Å²) in [5, 5.41) is 20.1. The van der Waals surface area contributed by atoms with Crippen LogP contribution in [0.5, 0.6) is 5.75 Å². The van der Waals surface area contributed by atoms with Crippen molar-refractivity contribution in [3.63, 3.8) is 0 Å². The SMILES string of the molecule is O=C(OCc1ccc([N+](=O)[O-])cc1O)N1CCCC1. The van der Waals surface area contributed by atoms with Crippen LogP contribution in [0.25, 0.3) is 0 Å². The van der Waals surface area contributed by atoms with Gasteiger partial charge in [0.25, 0.3) is 5.69 Å². The van der Waals surface area contributed by atoms with E-state index in [2.05, 4.69) is 0 Å². The molecule has 0 aliphatic carbocycles. The summed E-state index contributed by atoms with van der Waals surface area (Å²) in [6.07, 6.45) is 1.52. The lowest BCUT2D eigenvalue weighted by Gasteiger charge is -2.15. The van der Waals surface area contributed by atoms with Gasteiger partial charge in [-0.05, 0) is 18.9 Å². The number of hydrogen-bond donors (Lipinski definition) is 1. The Morgan fingerprint density at radius 3 is 2.68 bits per heavy atom. The number of nitro groups is 1. The Morgan fingerprint density at radius 1 is 1.42 bits per heavy atom. The fourth-order valence-electron chi connectivity index (χ4n) is 1.92. The lowest BCUT2D eigenvalue weighted by Crippen LogP contribution is -2.28. The molecule has 0 aromatic heterocycles. The Hall–Kier alpha value is -2.31. The molecule has 1 aromatic carbocycles. The van der Waals surface area contributed by atoms with E-state index in [1.54, 1.807) is 4.90 Å². The number of benzene rings is 1. The summed E-state index contributed by atoms with van der Waals surface area (Å²) in [5.41, 5.74) is 0.144. The van der Waals surface area contributed by atoms with Crippen LogP contribution < -0.4 is 0 Å². The predicted octanol–water partition coefficient (Wildman–Crippen LogP) is 2.03. The number of phenols is 1. The molecule has 0 atom stereocenters. The molecule has 1 fully saturated rings. The highest BCUT2D eigenvalue weighted by Crippen LogP contribution is 2.24. The molecule has 1 heterocycles. The van der Waals surface area contributed by atoms with Gasteiger partial charge in [0.15, 0.2) is 0 Å². The fourth-order valence-corrected chi connectivity index (χ4v) is 1.92. The number of rotatable bonds is 3. The molecule has 0 bridgehead atoms. The van der Waals surface area contributed by atoms with E-state index < -0.39 is 11.0 Å². The molecule has 0 spiro atoms. The van der Waals surface area contributed by atoms with E-state index in [4.69, 9.17) is 4.74 Å². The molecular formula is C12H14N2O5. The molecule has 1 aromatic rings. The number of nitrogens with zero attached hydrogens (tertiary/aromatic N) is 2. The van der Waals surface area contributed by atoms with E-state index in [9.17, 15) is 20.0 Å². The number of carbonyl (C=O) groups excluding carboxylic acids is 1. The second-order valence-corrected chi connectivity index (χ2v) is 4.32. The topological polar surface area (TPSA) is 92.9 Å². The molecule has 0 unspecified atom stereocenters. The second kappa shape index (κ2) is 5.55. The summed E-state index contributed by atoms with van der Waals surface area (Å²) < 4.78 is 5.05. The first-order chi connectivity index (χ1) is 9.08. The summed E-state index contributed by atoms with van der Waals surface area (Å²) >= 11 is 0. The van der Waals surface area contributed by atoms with E-state index >= 15 is 0 Å². The van der Waals surface area contributed by atoms with Crippen LogP contribution in [0, 0.1) is 10.1 Å². The van der Waals surface area contributed by atoms with E-state index in [1.165, 1.54) is 12.1 Å². The molecule has 1 saturated heterocycles. The van der Waals surface area contributed by atoms with Crippen molar-refractivity contribution in [1.82, 2.24) is 4.90 Å². The van der Waals surface area contributed by atoms with Gasteiger partial charge < -0.3 is 14.7 Å². The van der Waals surface area contributed by atoms with Gasteiger partial charge in [-0.25, -0.2) is 4.79 Å². The third-order valence-electron chi connectivity index (χ3n) is 3.00. The van der Waals surface area contributed by atoms with Gasteiger partial charge >= 0.3 is 6.09 Å². The van der Waals surface area contributed by atoms with E-state index in [1.807, 2.05) is 0 Å². The molecule has 7 nitrogen and oxygen atoms in total. The number of non-ortho nitro benzene ring substituents is 1. The van der Waals surface area contributed by atoms with Crippen molar-refractivity contribution in [2.75, 3.05) is 13.1 Å². The van der Waals surface area contributed by atoms with Gasteiger partial charge in [-0.2, -0.15) is 0 Å². The Morgan fingerprint density at radius 2 is 2.11 bits per heavy atom. The average molecular weight is 266 g/mol. The monoisotopic (exact) mass is 266 g/mol. The molecule has 0 radical (unpaired) electrons. The largest absolute Gasteiger partial charge is 0.507 e. The molecule has 0 saturated carbocycles. The first-order valence-corrected chi connectivity index (χ1v) is 5.96. The third kappa shape index (κ3) is 3.12. The highest BCUT2D eigenvalue weighted by molar-refractivity contribution is 5.68. The van der Waals surface area contributed by atoms with Gasteiger partial charge in [0.2, 0.25) is 0 Å². The minimum Gasteiger partial charge on any atom is -0.507 e. The van der Waals surface area contributed by atoms with Gasteiger partial charge in [0.1, 0.15) is 12.4 Å². The van der Waals surface area contributed by atoms with Crippen LogP contribution in [0.2, 0.25) is 0 Å². The van der Waals surface area contributed by atoms with Crippen LogP contribution in [0.15, 0.2) is 18.2 Å². The molecule has 2 rings (SSSR count). The van der Waals surface area contributed by atoms with Crippen LogP contribution in [-0.4, -0.2) is 34.1 Å². The van der Waals surface area contributed by atoms with Crippen LogP contribution in [0.4, 0.5) is 10.5 Å². The number of hydrogen-bond acceptors (Lipinski definition) is 5. The van der Waals surface area contributed by atoms with Crippen molar-refractivity contribution >= 4 is 11.8 Å². The zero-order chi connectivity index (χ0) is 13.8. The lowest BCUT2D eigenvalue weighted by molar-refractivity contribution is -0.384. The first-order valence-electron chi connectivity index (χ1n) is 5.96. The zero-order valence-electron chi connectivity index (χ0n) is 10.2. The highest BCUT2D eigenvalue weighted by Gasteiger charge is 2.19. The number of amides is 1. The molecule has 1 N–H and O–H groups in total. The maximum atomic E-state index is 11.6. The minimum absolute atomic E-state index is 0.0981. The highest BCUT2D eigenvalue weighted by atomic mass is 16.6. The Bertz CT molecular complexity index is 497. The molecule has 1 aliphatic heterocycles. The summed E-state index contributed by atoms with van der Waals surface area (Å²) in [7, 11) is 0. The van der Waals surface area contributed by atoms with Gasteiger partial charge in [-0.1, -0.05) is 0 Å². The standard InChI is InChI=1S/C12H14N2O5/c15-11-7-10(14(17)18)4-3-9(11)8-19-12(16)13-5-1-2-6-13/h3-4,7,15H,1-2,5-6,8H2. The molecule has 7 heteroatoms. The Balaban J connectivity index is 1.95. The number of phenolic OH excluding ortho intramolecular Hbond substituents is 1. The lowest BCUT2D eigenvalue weighted by atomic mass is 10.2. The van der Waals surface area contributed by atoms with E-state index in [-0.39, 0.29) is 18.0 Å². The third-order valence-corrected chi connectivity index (χ3v) is 3.00. The van der Waals surface area contributed by atoms with E-state index in [0.29, 0.717) is 18.7 Å². The summed E-state index contributed by atoms with van der Waals surface area (Å²) in [4.78, 5) is 23.1. The smallest absolute Gasteiger partial charge is 0.410 e. The molecule has 1 amide bonds. The normalized spacial score (nSPS) is 14.4. The maximum Gasteiger partial charge on any atom is 0.410 e. The Labute approximate surface area is 109 Å². The number of carbonyl (C=O) groups is 1. The van der Waals surface area contributed by atoms with Crippen LogP contribution in [0.1, 0.15) is 18.4 Å². The zero-order valence-corrected chi connectivity index (χ0v) is 10.2. The van der Waals surface area contributed by atoms with Gasteiger partial charge in [-0.3, -0.25) is 10.1 Å². The predicted molar refractivity (Wildman–Crippen MR) is 65.8 cm³/mol. The average Bonchev–Trinajstić information content (AvgIpc) is 2.90. The van der Waals surface area contributed by atoms with Crippen molar-refractivity contribution in [3.05, 3.63) is 33.9 Å². The number of ether oxygens (including phenoxy) is 1. The number of likely N-dealkylation sites (tertiary alicyclic amines) is 1. The minimum atomic E-state index is -0.597. The van der Waals surface area contributed by atoms with Crippen molar-refractivity contribution in [2.24, 2.45) is 0 Å². The molecule has 19 heavy (non-hydrogen) atoms. The van der Waals surface area contributed by atoms with Crippen LogP contribution >= 0.6 is 0 Å². The van der Waals surface area contributed by atoms with Crippen molar-refractivity contribution in [3.8, 4) is 5.75 Å². The van der Waals surface area contributed by atoms with Gasteiger partial charge in [0.05, 0.1) is 11.0 Å². The summed E-state index contributed by atoms with van der Waals surface area (Å²) in [6.45, 7) is 1.27. The molecule has 1 aliphatic rings. The summed E-state index contributed by atoms with van der Waals surface area (Å²) in [6, 6.07) is 3.68.